The van der Waals surface area contributed by atoms with Gasteiger partial charge in [0.15, 0.2) is 46.8 Å². The van der Waals surface area contributed by atoms with E-state index >= 15 is 0 Å². The van der Waals surface area contributed by atoms with E-state index in [0.29, 0.717) is 96.1 Å². The minimum absolute atomic E-state index is 0.0284. The second kappa shape index (κ2) is 18.3. The first kappa shape index (κ1) is 46.5. The Morgan fingerprint density at radius 1 is 0.682 bits per heavy atom. The topological polar surface area (TPSA) is 149 Å². The van der Waals surface area contributed by atoms with Crippen molar-refractivity contribution >= 4 is 6.01 Å². The van der Waals surface area contributed by atoms with Gasteiger partial charge in [0.25, 0.3) is 0 Å². The number of halogens is 8. The molecule has 0 N–H and O–H groups in total. The molecular weight excluding hydrogens is 883 g/mol. The van der Waals surface area contributed by atoms with Gasteiger partial charge >= 0.3 is 30.4 Å². The highest BCUT2D eigenvalue weighted by molar-refractivity contribution is 5.35. The highest BCUT2D eigenvalue weighted by Gasteiger charge is 2.45. The van der Waals surface area contributed by atoms with Crippen molar-refractivity contribution in [1.29, 1.82) is 5.26 Å². The number of hydrogen-bond acceptors (Lipinski definition) is 12. The largest absolute Gasteiger partial charge is 0.421 e. The van der Waals surface area contributed by atoms with Crippen molar-refractivity contribution in [2.75, 3.05) is 31.1 Å². The number of aromatic nitrogens is 8. The molecule has 2 aliphatic carbocycles. The maximum absolute atomic E-state index is 14.3. The molecule has 4 bridgehead atoms. The summed E-state index contributed by atoms with van der Waals surface area (Å²) < 4.78 is 126. The van der Waals surface area contributed by atoms with Crippen LogP contribution in [0.4, 0.5) is 41.1 Å². The summed E-state index contributed by atoms with van der Waals surface area (Å²) >= 11 is 0. The Bertz CT molecular complexity index is 2520. The van der Waals surface area contributed by atoms with Gasteiger partial charge in [-0.25, -0.2) is 18.1 Å². The van der Waals surface area contributed by atoms with Gasteiger partial charge in [0.1, 0.15) is 0 Å². The second-order valence-electron chi connectivity index (χ2n) is 18.2. The summed E-state index contributed by atoms with van der Waals surface area (Å²) in [6.07, 6.45) is -1.55. The zero-order chi connectivity index (χ0) is 47.2. The molecular formula is C44H49F8N11O3. The third-order valence-corrected chi connectivity index (χ3v) is 13.0. The first-order valence-corrected chi connectivity index (χ1v) is 21.9. The smallest absolute Gasteiger partial charge is 0.416 e. The fourth-order valence-corrected chi connectivity index (χ4v) is 9.81. The van der Waals surface area contributed by atoms with Crippen molar-refractivity contribution in [2.24, 2.45) is 35.5 Å². The Labute approximate surface area is 374 Å². The molecule has 14 nitrogen and oxygen atoms in total. The number of piperidine rings is 2. The molecule has 22 heteroatoms. The molecule has 3 aromatic heterocycles. The minimum Gasteiger partial charge on any atom is -0.421 e. The molecule has 2 aromatic carbocycles. The van der Waals surface area contributed by atoms with Crippen molar-refractivity contribution < 1.29 is 49.1 Å². The molecule has 2 aliphatic heterocycles. The number of nitriles is 1. The predicted molar refractivity (Wildman–Crippen MR) is 219 cm³/mol. The van der Waals surface area contributed by atoms with Crippen LogP contribution in [0, 0.1) is 65.5 Å². The molecule has 2 saturated heterocycles. The molecule has 6 atom stereocenters. The fourth-order valence-electron chi connectivity index (χ4n) is 9.81. The average molecular weight is 932 g/mol. The molecule has 0 amide bonds. The number of fused-ring (bicyclic) bond motifs is 4. The van der Waals surface area contributed by atoms with Crippen molar-refractivity contribution in [2.45, 2.75) is 97.6 Å². The van der Waals surface area contributed by atoms with E-state index in [0.717, 1.165) is 64.0 Å². The van der Waals surface area contributed by atoms with E-state index in [1.807, 2.05) is 27.7 Å². The van der Waals surface area contributed by atoms with Gasteiger partial charge < -0.3 is 23.8 Å². The lowest BCUT2D eigenvalue weighted by Crippen LogP contribution is -2.43. The second-order valence-corrected chi connectivity index (χ2v) is 18.2. The summed E-state index contributed by atoms with van der Waals surface area (Å²) in [4.78, 5) is 17.1. The lowest BCUT2D eigenvalue weighted by atomic mass is 9.82. The van der Waals surface area contributed by atoms with Gasteiger partial charge in [-0.1, -0.05) is 5.16 Å². The van der Waals surface area contributed by atoms with E-state index in [9.17, 15) is 40.4 Å². The Hall–Kier alpha value is -6.01. The van der Waals surface area contributed by atoms with Gasteiger partial charge in [0, 0.05) is 39.0 Å². The van der Waals surface area contributed by atoms with Gasteiger partial charge in [0.2, 0.25) is 0 Å². The lowest BCUT2D eigenvalue weighted by molar-refractivity contribution is -0.138. The maximum Gasteiger partial charge on any atom is 0.416 e. The fraction of sp³-hybridized carbons (Fsp3) is 0.568. The molecule has 5 heterocycles. The van der Waals surface area contributed by atoms with Gasteiger partial charge in [-0.15, -0.1) is 0 Å². The van der Waals surface area contributed by atoms with Crippen LogP contribution >= 0.6 is 0 Å². The first-order chi connectivity index (χ1) is 31.2. The van der Waals surface area contributed by atoms with Crippen LogP contribution in [-0.4, -0.2) is 70.7 Å². The highest BCUT2D eigenvalue weighted by Crippen LogP contribution is 2.46. The quantitative estimate of drug-likeness (QED) is 0.0917. The standard InChI is InChI=1S/C23H26F4N6O2.C21H23F4N5O/c1-12(2)33-22(34-19-8-16(23(25,26)27)6-7-18(19)24)29-20(30-33)9-17-14-4-5-15(17)11-32(10-14)21-28-13(3)31-35-21;1-12(2)30-20(31-18-7-15(21(23,24)25)5-6-17(18)22)27-19(28-30)8-16-13-3-4-14(16)10-29(9-13)11-26/h6-8,12,14-15,17H,4-5,9-11H2,1-3H3;5-7,12-14,16H,3-4,8-10H2,1-2H3/t14-,15+,17?;13-,14+,16?. The Morgan fingerprint density at radius 2 is 1.11 bits per heavy atom. The van der Waals surface area contributed by atoms with E-state index in [-0.39, 0.29) is 24.1 Å². The lowest BCUT2D eigenvalue weighted by Gasteiger charge is -2.36. The predicted octanol–water partition coefficient (Wildman–Crippen LogP) is 10.00. The molecule has 9 rings (SSSR count). The summed E-state index contributed by atoms with van der Waals surface area (Å²) in [7, 11) is 0. The number of aryl methyl sites for hydroxylation is 1. The number of alkyl halides is 6. The van der Waals surface area contributed by atoms with E-state index in [1.165, 1.54) is 9.36 Å². The highest BCUT2D eigenvalue weighted by atomic mass is 19.4. The van der Waals surface area contributed by atoms with Gasteiger partial charge in [-0.2, -0.15) is 56.8 Å². The Balaban J connectivity index is 0.000000181. The summed E-state index contributed by atoms with van der Waals surface area (Å²) in [6, 6.07) is 4.21. The zero-order valence-corrected chi connectivity index (χ0v) is 36.8. The number of ether oxygens (including phenoxy) is 2. The van der Waals surface area contributed by atoms with Crippen LogP contribution in [0.25, 0.3) is 0 Å². The third-order valence-electron chi connectivity index (χ3n) is 13.0. The molecule has 66 heavy (non-hydrogen) atoms. The van der Waals surface area contributed by atoms with Crippen molar-refractivity contribution in [1.82, 2.24) is 44.6 Å². The maximum atomic E-state index is 14.3. The van der Waals surface area contributed by atoms with Crippen molar-refractivity contribution in [3.63, 3.8) is 0 Å². The number of anilines is 1. The van der Waals surface area contributed by atoms with E-state index in [2.05, 4.69) is 41.4 Å². The Kier molecular flexibility index (Phi) is 12.9. The number of likely N-dealkylation sites (tertiary alicyclic amines) is 1. The molecule has 0 spiro atoms. The normalized spacial score (nSPS) is 22.8. The summed E-state index contributed by atoms with van der Waals surface area (Å²) in [6.45, 7) is 12.2. The summed E-state index contributed by atoms with van der Waals surface area (Å²) in [5.74, 6) is 1.01. The molecule has 4 fully saturated rings. The van der Waals surface area contributed by atoms with Crippen LogP contribution in [0.1, 0.15) is 94.1 Å². The van der Waals surface area contributed by atoms with Crippen LogP contribution < -0.4 is 14.4 Å². The van der Waals surface area contributed by atoms with E-state index in [4.69, 9.17) is 14.0 Å². The Morgan fingerprint density at radius 3 is 1.47 bits per heavy atom. The molecule has 0 radical (unpaired) electrons. The van der Waals surface area contributed by atoms with Crippen LogP contribution in [0.2, 0.25) is 0 Å². The van der Waals surface area contributed by atoms with Gasteiger partial charge in [0.05, 0.1) is 23.2 Å². The van der Waals surface area contributed by atoms with Gasteiger partial charge in [-0.05, 0) is 132 Å². The number of hydrogen-bond donors (Lipinski definition) is 0. The van der Waals surface area contributed by atoms with Crippen LogP contribution in [0.5, 0.6) is 23.5 Å². The molecule has 2 saturated carbocycles. The number of nitrogens with zero attached hydrogens (tertiary/aromatic N) is 11. The molecule has 4 aliphatic rings. The van der Waals surface area contributed by atoms with E-state index < -0.39 is 46.6 Å². The zero-order valence-electron chi connectivity index (χ0n) is 36.8. The summed E-state index contributed by atoms with van der Waals surface area (Å²) in [5, 5.41) is 22.1. The first-order valence-electron chi connectivity index (χ1n) is 21.9. The van der Waals surface area contributed by atoms with Crippen LogP contribution in [0.3, 0.4) is 0 Å². The van der Waals surface area contributed by atoms with Crippen molar-refractivity contribution in [3.8, 4) is 29.7 Å². The number of rotatable bonds is 11. The molecule has 354 valence electrons. The van der Waals surface area contributed by atoms with E-state index in [1.54, 1.807) is 11.8 Å². The summed E-state index contributed by atoms with van der Waals surface area (Å²) in [5.41, 5.74) is -2.00. The number of benzene rings is 2. The molecule has 2 unspecified atom stereocenters. The SMILES string of the molecule is CC(C)n1nc(CC2[C@@H]3CC[C@H]2CN(C#N)C3)nc1Oc1cc(C(F)(F)F)ccc1F.Cc1noc(N2C[C@H]3CC[C@@H](C2)C3Cc2nc(Oc3cc(C(F)(F)F)ccc3F)n(C(C)C)n2)n1. The molecule has 5 aromatic rings. The van der Waals surface area contributed by atoms with Gasteiger partial charge in [-0.3, -0.25) is 0 Å². The van der Waals surface area contributed by atoms with Crippen molar-refractivity contribution in [3.05, 3.63) is 76.6 Å². The van der Waals surface area contributed by atoms with Crippen LogP contribution in [0.15, 0.2) is 40.9 Å². The third kappa shape index (κ3) is 10.0. The van der Waals surface area contributed by atoms with Crippen LogP contribution in [-0.2, 0) is 25.2 Å². The average Bonchev–Trinajstić information content (AvgIpc) is 4.06. The minimum atomic E-state index is -4.61. The monoisotopic (exact) mass is 931 g/mol.